The Morgan fingerprint density at radius 3 is 2.22 bits per heavy atom. The Hall–Kier alpha value is -2.93. The van der Waals surface area contributed by atoms with Gasteiger partial charge in [0.05, 0.1) is 34.4 Å². The smallest absolute Gasteiger partial charge is 0.228 e. The Labute approximate surface area is 159 Å². The highest BCUT2D eigenvalue weighted by atomic mass is 16.5. The van der Waals surface area contributed by atoms with Crippen LogP contribution in [0.4, 0.5) is 5.69 Å². The van der Waals surface area contributed by atoms with Gasteiger partial charge in [0.1, 0.15) is 12.4 Å². The summed E-state index contributed by atoms with van der Waals surface area (Å²) in [4.78, 5) is 12.4. The molecule has 0 spiro atoms. The van der Waals surface area contributed by atoms with Gasteiger partial charge in [0.15, 0.2) is 11.5 Å². The lowest BCUT2D eigenvalue weighted by molar-refractivity contribution is -0.115. The number of rotatable bonds is 10. The molecule has 0 aliphatic carbocycles. The molecule has 0 bridgehead atoms. The maximum absolute atomic E-state index is 12.4. The lowest BCUT2D eigenvalue weighted by Gasteiger charge is -2.14. The molecule has 0 aliphatic heterocycles. The van der Waals surface area contributed by atoms with E-state index in [4.69, 9.17) is 23.7 Å². The van der Waals surface area contributed by atoms with Crippen molar-refractivity contribution in [2.75, 3.05) is 47.0 Å². The van der Waals surface area contributed by atoms with E-state index >= 15 is 0 Å². The Morgan fingerprint density at radius 2 is 1.63 bits per heavy atom. The van der Waals surface area contributed by atoms with Gasteiger partial charge in [-0.2, -0.15) is 0 Å². The van der Waals surface area contributed by atoms with Crippen molar-refractivity contribution in [1.29, 1.82) is 0 Å². The minimum absolute atomic E-state index is 0.158. The van der Waals surface area contributed by atoms with Crippen molar-refractivity contribution in [3.8, 4) is 23.0 Å². The number of carbonyl (C=O) groups excluding carboxylic acids is 1. The minimum atomic E-state index is -0.168. The van der Waals surface area contributed by atoms with E-state index in [2.05, 4.69) is 5.32 Å². The lowest BCUT2D eigenvalue weighted by Crippen LogP contribution is -2.14. The van der Waals surface area contributed by atoms with Gasteiger partial charge in [-0.15, -0.1) is 0 Å². The van der Waals surface area contributed by atoms with Gasteiger partial charge in [-0.1, -0.05) is 6.07 Å². The molecule has 0 radical (unpaired) electrons. The van der Waals surface area contributed by atoms with E-state index in [0.29, 0.717) is 41.9 Å². The van der Waals surface area contributed by atoms with Crippen LogP contribution < -0.4 is 24.3 Å². The predicted molar refractivity (Wildman–Crippen MR) is 102 cm³/mol. The first-order chi connectivity index (χ1) is 13.1. The van der Waals surface area contributed by atoms with Gasteiger partial charge in [-0.3, -0.25) is 4.79 Å². The first-order valence-electron chi connectivity index (χ1n) is 8.41. The van der Waals surface area contributed by atoms with Crippen molar-refractivity contribution in [2.45, 2.75) is 6.42 Å². The fourth-order valence-corrected chi connectivity index (χ4v) is 2.53. The molecular weight excluding hydrogens is 350 g/mol. The van der Waals surface area contributed by atoms with Crippen molar-refractivity contribution in [1.82, 2.24) is 0 Å². The fourth-order valence-electron chi connectivity index (χ4n) is 2.53. The van der Waals surface area contributed by atoms with Crippen LogP contribution in [0.25, 0.3) is 0 Å². The summed E-state index contributed by atoms with van der Waals surface area (Å²) in [6, 6.07) is 10.7. The van der Waals surface area contributed by atoms with Crippen LogP contribution in [0.2, 0.25) is 0 Å². The van der Waals surface area contributed by atoms with Crippen LogP contribution in [0.3, 0.4) is 0 Å². The van der Waals surface area contributed by atoms with Crippen molar-refractivity contribution in [3.63, 3.8) is 0 Å². The van der Waals surface area contributed by atoms with E-state index in [9.17, 15) is 4.79 Å². The van der Waals surface area contributed by atoms with Crippen LogP contribution in [0, 0.1) is 0 Å². The summed E-state index contributed by atoms with van der Waals surface area (Å²) in [5.74, 6) is 2.00. The highest BCUT2D eigenvalue weighted by Crippen LogP contribution is 2.38. The monoisotopic (exact) mass is 375 g/mol. The molecule has 2 rings (SSSR count). The normalized spacial score (nSPS) is 10.2. The summed E-state index contributed by atoms with van der Waals surface area (Å²) in [6.45, 7) is 0.942. The SMILES string of the molecule is COCCOc1cccc(NC(=O)Cc2cc(OC)c(OC)c(OC)c2)c1. The molecule has 1 amide bonds. The zero-order chi connectivity index (χ0) is 19.6. The summed E-state index contributed by atoms with van der Waals surface area (Å²) < 4.78 is 26.4. The second-order valence-electron chi connectivity index (χ2n) is 5.63. The first-order valence-corrected chi connectivity index (χ1v) is 8.41. The third-order valence-corrected chi connectivity index (χ3v) is 3.76. The van der Waals surface area contributed by atoms with Gasteiger partial charge in [0.2, 0.25) is 11.7 Å². The van der Waals surface area contributed by atoms with Gasteiger partial charge in [0.25, 0.3) is 0 Å². The molecule has 0 aromatic heterocycles. The zero-order valence-corrected chi connectivity index (χ0v) is 16.0. The number of methoxy groups -OCH3 is 4. The molecule has 0 saturated heterocycles. The summed E-state index contributed by atoms with van der Waals surface area (Å²) in [7, 11) is 6.23. The van der Waals surface area contributed by atoms with Crippen LogP contribution >= 0.6 is 0 Å². The number of hydrogen-bond donors (Lipinski definition) is 1. The van der Waals surface area contributed by atoms with Gasteiger partial charge < -0.3 is 29.0 Å². The summed E-state index contributed by atoms with van der Waals surface area (Å²) >= 11 is 0. The number of ether oxygens (including phenoxy) is 5. The minimum Gasteiger partial charge on any atom is -0.493 e. The van der Waals surface area contributed by atoms with Crippen molar-refractivity contribution in [3.05, 3.63) is 42.0 Å². The maximum atomic E-state index is 12.4. The second-order valence-corrected chi connectivity index (χ2v) is 5.63. The summed E-state index contributed by atoms with van der Waals surface area (Å²) in [5.41, 5.74) is 1.40. The molecule has 0 saturated carbocycles. The van der Waals surface area contributed by atoms with Gasteiger partial charge in [-0.25, -0.2) is 0 Å². The summed E-state index contributed by atoms with van der Waals surface area (Å²) in [5, 5.41) is 2.86. The molecule has 0 heterocycles. The van der Waals surface area contributed by atoms with Crippen molar-refractivity contribution in [2.24, 2.45) is 0 Å². The zero-order valence-electron chi connectivity index (χ0n) is 16.0. The molecule has 1 N–H and O–H groups in total. The average Bonchev–Trinajstić information content (AvgIpc) is 2.67. The van der Waals surface area contributed by atoms with Crippen LogP contribution in [-0.4, -0.2) is 47.6 Å². The molecule has 7 heteroatoms. The Bertz CT molecular complexity index is 737. The summed E-state index contributed by atoms with van der Waals surface area (Å²) in [6.07, 6.45) is 0.158. The van der Waals surface area contributed by atoms with Gasteiger partial charge in [-0.05, 0) is 29.8 Å². The topological polar surface area (TPSA) is 75.3 Å². The van der Waals surface area contributed by atoms with Crippen LogP contribution in [-0.2, 0) is 16.0 Å². The molecule has 2 aromatic rings. The molecule has 0 aliphatic rings. The highest BCUT2D eigenvalue weighted by Gasteiger charge is 2.15. The quantitative estimate of drug-likeness (QED) is 0.644. The molecule has 146 valence electrons. The van der Waals surface area contributed by atoms with Crippen LogP contribution in [0.1, 0.15) is 5.56 Å². The number of anilines is 1. The van der Waals surface area contributed by atoms with Crippen molar-refractivity contribution >= 4 is 11.6 Å². The van der Waals surface area contributed by atoms with Crippen LogP contribution in [0.15, 0.2) is 36.4 Å². The van der Waals surface area contributed by atoms with E-state index < -0.39 is 0 Å². The third-order valence-electron chi connectivity index (χ3n) is 3.76. The third kappa shape index (κ3) is 5.79. The average molecular weight is 375 g/mol. The second kappa shape index (κ2) is 10.3. The number of carbonyl (C=O) groups is 1. The maximum Gasteiger partial charge on any atom is 0.228 e. The van der Waals surface area contributed by atoms with Crippen LogP contribution in [0.5, 0.6) is 23.0 Å². The van der Waals surface area contributed by atoms with Crippen molar-refractivity contribution < 1.29 is 28.5 Å². The standard InChI is InChI=1S/C20H25NO6/c1-23-8-9-27-16-7-5-6-15(13-16)21-19(22)12-14-10-17(24-2)20(26-4)18(11-14)25-3/h5-7,10-11,13H,8-9,12H2,1-4H3,(H,21,22). The first kappa shape index (κ1) is 20.4. The molecule has 0 fully saturated rings. The number of amides is 1. The number of hydrogen-bond acceptors (Lipinski definition) is 6. The largest absolute Gasteiger partial charge is 0.493 e. The number of nitrogens with one attached hydrogen (secondary N) is 1. The Kier molecular flexibility index (Phi) is 7.76. The lowest BCUT2D eigenvalue weighted by atomic mass is 10.1. The Morgan fingerprint density at radius 1 is 0.926 bits per heavy atom. The predicted octanol–water partition coefficient (Wildman–Crippen LogP) is 2.92. The molecular formula is C20H25NO6. The van der Waals surface area contributed by atoms with E-state index in [1.165, 1.54) is 21.3 Å². The molecule has 2 aromatic carbocycles. The molecule has 0 unspecified atom stereocenters. The van der Waals surface area contributed by atoms with E-state index in [-0.39, 0.29) is 12.3 Å². The van der Waals surface area contributed by atoms with Gasteiger partial charge >= 0.3 is 0 Å². The van der Waals surface area contributed by atoms with Gasteiger partial charge in [0, 0.05) is 18.9 Å². The van der Waals surface area contributed by atoms with E-state index in [0.717, 1.165) is 5.56 Å². The van der Waals surface area contributed by atoms with E-state index in [1.54, 1.807) is 31.4 Å². The number of benzene rings is 2. The molecule has 7 nitrogen and oxygen atoms in total. The molecule has 0 atom stereocenters. The fraction of sp³-hybridized carbons (Fsp3) is 0.350. The molecule has 27 heavy (non-hydrogen) atoms. The Balaban J connectivity index is 2.06. The van der Waals surface area contributed by atoms with E-state index in [1.807, 2.05) is 12.1 Å². The highest BCUT2D eigenvalue weighted by molar-refractivity contribution is 5.92.